The second kappa shape index (κ2) is 13.4. The lowest BCUT2D eigenvalue weighted by Gasteiger charge is -2.22. The highest BCUT2D eigenvalue weighted by Crippen LogP contribution is 2.15. The van der Waals surface area contributed by atoms with Crippen LogP contribution in [0.15, 0.2) is 54.6 Å². The summed E-state index contributed by atoms with van der Waals surface area (Å²) in [5, 5.41) is 0. The van der Waals surface area contributed by atoms with E-state index in [-0.39, 0.29) is 12.3 Å². The van der Waals surface area contributed by atoms with Crippen molar-refractivity contribution in [2.45, 2.75) is 51.9 Å². The first kappa shape index (κ1) is 23.5. The van der Waals surface area contributed by atoms with Crippen molar-refractivity contribution in [2.75, 3.05) is 19.7 Å². The molecule has 0 aliphatic rings. The highest BCUT2D eigenvalue weighted by Gasteiger charge is 2.16. The number of nitrogens with two attached hydrogens (primary N) is 1. The van der Waals surface area contributed by atoms with Crippen LogP contribution in [0.3, 0.4) is 0 Å². The molecule has 0 bridgehead atoms. The van der Waals surface area contributed by atoms with Crippen molar-refractivity contribution >= 4 is 11.8 Å². The van der Waals surface area contributed by atoms with Gasteiger partial charge in [-0.05, 0) is 42.7 Å². The van der Waals surface area contributed by atoms with Crippen molar-refractivity contribution in [3.05, 3.63) is 65.7 Å². The summed E-state index contributed by atoms with van der Waals surface area (Å²) in [6.07, 6.45) is 6.86. The number of ether oxygens (including phenoxy) is 1. The summed E-state index contributed by atoms with van der Waals surface area (Å²) in [5.41, 5.74) is 7.03. The van der Waals surface area contributed by atoms with E-state index in [1.807, 2.05) is 42.5 Å². The number of benzene rings is 2. The maximum Gasteiger partial charge on any atom is 0.253 e. The van der Waals surface area contributed by atoms with Gasteiger partial charge < -0.3 is 15.4 Å². The van der Waals surface area contributed by atoms with Gasteiger partial charge >= 0.3 is 0 Å². The minimum Gasteiger partial charge on any atom is -0.494 e. The summed E-state index contributed by atoms with van der Waals surface area (Å²) >= 11 is 0. The first-order valence-electron chi connectivity index (χ1n) is 10.9. The Morgan fingerprint density at radius 3 is 2.27 bits per heavy atom. The summed E-state index contributed by atoms with van der Waals surface area (Å²) in [4.78, 5) is 25.9. The van der Waals surface area contributed by atoms with Crippen molar-refractivity contribution in [1.82, 2.24) is 4.90 Å². The molecule has 5 nitrogen and oxygen atoms in total. The Hall–Kier alpha value is -2.82. The molecule has 0 fully saturated rings. The number of primary amides is 1. The van der Waals surface area contributed by atoms with Crippen LogP contribution in [0.4, 0.5) is 0 Å². The summed E-state index contributed by atoms with van der Waals surface area (Å²) in [6.45, 7) is 3.75. The minimum atomic E-state index is -0.407. The third kappa shape index (κ3) is 8.68. The van der Waals surface area contributed by atoms with Gasteiger partial charge in [-0.25, -0.2) is 0 Å². The molecule has 0 atom stereocenters. The summed E-state index contributed by atoms with van der Waals surface area (Å²) in [6, 6.07) is 17.2. The van der Waals surface area contributed by atoms with E-state index in [9.17, 15) is 9.59 Å². The first-order valence-corrected chi connectivity index (χ1v) is 10.9. The Balaban J connectivity index is 1.90. The minimum absolute atomic E-state index is 0.0988. The molecule has 2 aromatic rings. The lowest BCUT2D eigenvalue weighted by Crippen LogP contribution is -2.35. The Labute approximate surface area is 180 Å². The normalized spacial score (nSPS) is 10.6. The maximum atomic E-state index is 13.0. The van der Waals surface area contributed by atoms with Crippen LogP contribution in [0.25, 0.3) is 0 Å². The van der Waals surface area contributed by atoms with Crippen molar-refractivity contribution in [2.24, 2.45) is 5.73 Å². The van der Waals surface area contributed by atoms with Gasteiger partial charge in [0.2, 0.25) is 5.91 Å². The van der Waals surface area contributed by atoms with Gasteiger partial charge in [-0.2, -0.15) is 0 Å². The lowest BCUT2D eigenvalue weighted by molar-refractivity contribution is -0.118. The van der Waals surface area contributed by atoms with E-state index in [4.69, 9.17) is 10.5 Å². The van der Waals surface area contributed by atoms with E-state index in [0.29, 0.717) is 25.3 Å². The number of nitrogens with zero attached hydrogens (tertiary/aromatic N) is 1. The van der Waals surface area contributed by atoms with Crippen LogP contribution in [-0.2, 0) is 11.2 Å². The highest BCUT2D eigenvalue weighted by molar-refractivity contribution is 5.94. The zero-order valence-corrected chi connectivity index (χ0v) is 18.0. The van der Waals surface area contributed by atoms with Gasteiger partial charge in [0.05, 0.1) is 6.61 Å². The van der Waals surface area contributed by atoms with E-state index in [2.05, 4.69) is 6.92 Å². The predicted molar refractivity (Wildman–Crippen MR) is 121 cm³/mol. The van der Waals surface area contributed by atoms with Crippen LogP contribution < -0.4 is 10.5 Å². The Morgan fingerprint density at radius 1 is 0.900 bits per heavy atom. The molecule has 162 valence electrons. The zero-order valence-electron chi connectivity index (χ0n) is 18.0. The van der Waals surface area contributed by atoms with Gasteiger partial charge in [-0.1, -0.05) is 62.9 Å². The summed E-state index contributed by atoms with van der Waals surface area (Å²) in [7, 11) is 0. The fraction of sp³-hybridized carbons (Fsp3) is 0.440. The number of hydrogen-bond acceptors (Lipinski definition) is 3. The number of rotatable bonds is 14. The summed E-state index contributed by atoms with van der Waals surface area (Å²) in [5.74, 6) is 0.267. The molecule has 0 spiro atoms. The SMILES string of the molecule is CCCCCCCOc1ccc(C(=O)N(CCC(N)=O)CCc2ccccc2)cc1. The molecule has 2 amide bonds. The molecule has 5 heteroatoms. The number of unbranched alkanes of at least 4 members (excludes halogenated alkanes) is 4. The van der Waals surface area contributed by atoms with E-state index in [1.54, 1.807) is 17.0 Å². The van der Waals surface area contributed by atoms with Crippen LogP contribution in [0.5, 0.6) is 5.75 Å². The predicted octanol–water partition coefficient (Wildman–Crippen LogP) is 4.60. The smallest absolute Gasteiger partial charge is 0.253 e. The monoisotopic (exact) mass is 410 g/mol. The van der Waals surface area contributed by atoms with E-state index in [1.165, 1.54) is 25.7 Å². The van der Waals surface area contributed by atoms with Crippen LogP contribution in [-0.4, -0.2) is 36.4 Å². The third-order valence-corrected chi connectivity index (χ3v) is 5.05. The Morgan fingerprint density at radius 2 is 1.60 bits per heavy atom. The van der Waals surface area contributed by atoms with E-state index >= 15 is 0 Å². The highest BCUT2D eigenvalue weighted by atomic mass is 16.5. The molecule has 0 radical (unpaired) electrons. The number of carbonyl (C=O) groups is 2. The zero-order chi connectivity index (χ0) is 21.6. The molecule has 0 heterocycles. The molecular weight excluding hydrogens is 376 g/mol. The van der Waals surface area contributed by atoms with Gasteiger partial charge in [0, 0.05) is 25.1 Å². The van der Waals surface area contributed by atoms with E-state index in [0.717, 1.165) is 24.2 Å². The average molecular weight is 411 g/mol. The molecule has 30 heavy (non-hydrogen) atoms. The summed E-state index contributed by atoms with van der Waals surface area (Å²) < 4.78 is 5.78. The number of carbonyl (C=O) groups excluding carboxylic acids is 2. The second-order valence-electron chi connectivity index (χ2n) is 7.53. The van der Waals surface area contributed by atoms with Crippen molar-refractivity contribution in [3.63, 3.8) is 0 Å². The van der Waals surface area contributed by atoms with Gasteiger partial charge in [0.25, 0.3) is 5.91 Å². The first-order chi connectivity index (χ1) is 14.6. The Kier molecular flexibility index (Phi) is 10.5. The van der Waals surface area contributed by atoms with E-state index < -0.39 is 5.91 Å². The topological polar surface area (TPSA) is 72.6 Å². The second-order valence-corrected chi connectivity index (χ2v) is 7.53. The Bertz CT molecular complexity index is 760. The molecule has 0 aliphatic heterocycles. The molecule has 0 aromatic heterocycles. The van der Waals surface area contributed by atoms with Crippen LogP contribution in [0.2, 0.25) is 0 Å². The molecule has 0 aliphatic carbocycles. The standard InChI is InChI=1S/C25H34N2O3/c1-2-3-4-5-9-20-30-23-14-12-22(13-15-23)25(29)27(19-17-24(26)28)18-16-21-10-7-6-8-11-21/h6-8,10-15H,2-5,9,16-20H2,1H3,(H2,26,28). The largest absolute Gasteiger partial charge is 0.494 e. The van der Waals surface area contributed by atoms with Gasteiger partial charge in [-0.15, -0.1) is 0 Å². The van der Waals surface area contributed by atoms with Crippen LogP contribution >= 0.6 is 0 Å². The van der Waals surface area contributed by atoms with Crippen molar-refractivity contribution in [3.8, 4) is 5.75 Å². The lowest BCUT2D eigenvalue weighted by atomic mass is 10.1. The van der Waals surface area contributed by atoms with Crippen molar-refractivity contribution in [1.29, 1.82) is 0 Å². The van der Waals surface area contributed by atoms with Crippen LogP contribution in [0.1, 0.15) is 61.4 Å². The van der Waals surface area contributed by atoms with Gasteiger partial charge in [0.15, 0.2) is 0 Å². The molecule has 2 aromatic carbocycles. The average Bonchev–Trinajstić information content (AvgIpc) is 2.77. The number of amides is 2. The fourth-order valence-electron chi connectivity index (χ4n) is 3.24. The fourth-order valence-corrected chi connectivity index (χ4v) is 3.24. The molecule has 2 N–H and O–H groups in total. The van der Waals surface area contributed by atoms with Crippen molar-refractivity contribution < 1.29 is 14.3 Å². The quantitative estimate of drug-likeness (QED) is 0.463. The van der Waals surface area contributed by atoms with Crippen LogP contribution in [0, 0.1) is 0 Å². The maximum absolute atomic E-state index is 13.0. The molecule has 0 saturated heterocycles. The molecule has 0 unspecified atom stereocenters. The molecular formula is C25H34N2O3. The molecule has 0 saturated carbocycles. The third-order valence-electron chi connectivity index (χ3n) is 5.05. The number of hydrogen-bond donors (Lipinski definition) is 1. The molecule has 2 rings (SSSR count). The van der Waals surface area contributed by atoms with Gasteiger partial charge in [0.1, 0.15) is 5.75 Å². The van der Waals surface area contributed by atoms with Gasteiger partial charge in [-0.3, -0.25) is 9.59 Å².